The van der Waals surface area contributed by atoms with Gasteiger partial charge in [0.25, 0.3) is 0 Å². The Morgan fingerprint density at radius 2 is 1.95 bits per heavy atom. The average molecular weight is 313 g/mol. The number of carbonyl (C=O) groups is 1. The van der Waals surface area contributed by atoms with E-state index in [4.69, 9.17) is 28.9 Å². The van der Waals surface area contributed by atoms with Gasteiger partial charge in [-0.3, -0.25) is 4.79 Å². The van der Waals surface area contributed by atoms with Gasteiger partial charge in [0.1, 0.15) is 5.82 Å². The molecule has 0 aliphatic carbocycles. The molecule has 0 radical (unpaired) electrons. The standard InChI is InChI=1S/C14H11Cl2FN2O/c15-10-2-1-3-12(17)9(10)7-14(20)19-8-4-5-13(18)11(16)6-8/h1-6H,7,18H2,(H,19,20). The highest BCUT2D eigenvalue weighted by Gasteiger charge is 2.12. The fourth-order valence-electron chi connectivity index (χ4n) is 1.67. The first-order chi connectivity index (χ1) is 9.47. The van der Waals surface area contributed by atoms with Gasteiger partial charge in [0.05, 0.1) is 17.1 Å². The first kappa shape index (κ1) is 14.6. The molecule has 0 aliphatic heterocycles. The molecular formula is C14H11Cl2FN2O. The molecule has 2 aromatic rings. The first-order valence-electron chi connectivity index (χ1n) is 5.75. The Bertz CT molecular complexity index is 641. The van der Waals surface area contributed by atoms with Crippen LogP contribution in [0.25, 0.3) is 0 Å². The maximum absolute atomic E-state index is 13.6. The lowest BCUT2D eigenvalue weighted by Crippen LogP contribution is -2.15. The summed E-state index contributed by atoms with van der Waals surface area (Å²) in [5.74, 6) is -0.902. The largest absolute Gasteiger partial charge is 0.398 e. The third-order valence-corrected chi connectivity index (χ3v) is 3.36. The molecule has 0 unspecified atom stereocenters. The third-order valence-electron chi connectivity index (χ3n) is 2.68. The summed E-state index contributed by atoms with van der Waals surface area (Å²) >= 11 is 11.7. The summed E-state index contributed by atoms with van der Waals surface area (Å²) in [7, 11) is 0. The fourth-order valence-corrected chi connectivity index (χ4v) is 2.08. The predicted octanol–water partition coefficient (Wildman–Crippen LogP) is 3.90. The molecule has 104 valence electrons. The number of benzene rings is 2. The second-order valence-corrected chi connectivity index (χ2v) is 4.98. The molecule has 0 aliphatic rings. The van der Waals surface area contributed by atoms with Gasteiger partial charge in [-0.25, -0.2) is 4.39 Å². The van der Waals surface area contributed by atoms with E-state index in [-0.39, 0.29) is 17.0 Å². The van der Waals surface area contributed by atoms with Crippen LogP contribution >= 0.6 is 23.2 Å². The molecule has 2 aromatic carbocycles. The molecule has 0 bridgehead atoms. The van der Waals surface area contributed by atoms with Gasteiger partial charge in [0.15, 0.2) is 0 Å². The zero-order valence-electron chi connectivity index (χ0n) is 10.3. The van der Waals surface area contributed by atoms with E-state index in [9.17, 15) is 9.18 Å². The number of nitrogens with one attached hydrogen (secondary N) is 1. The number of halogens is 3. The van der Waals surface area contributed by atoms with Crippen LogP contribution in [0.4, 0.5) is 15.8 Å². The van der Waals surface area contributed by atoms with Gasteiger partial charge in [0.2, 0.25) is 5.91 Å². The summed E-state index contributed by atoms with van der Waals surface area (Å²) in [5.41, 5.74) is 6.64. The van der Waals surface area contributed by atoms with E-state index in [0.717, 1.165) is 0 Å². The molecule has 3 nitrogen and oxygen atoms in total. The number of rotatable bonds is 3. The molecule has 20 heavy (non-hydrogen) atoms. The topological polar surface area (TPSA) is 55.1 Å². The summed E-state index contributed by atoms with van der Waals surface area (Å²) < 4.78 is 13.6. The lowest BCUT2D eigenvalue weighted by Gasteiger charge is -2.08. The van der Waals surface area contributed by atoms with E-state index in [0.29, 0.717) is 16.4 Å². The van der Waals surface area contributed by atoms with Crippen LogP contribution in [-0.4, -0.2) is 5.91 Å². The van der Waals surface area contributed by atoms with Crippen molar-refractivity contribution in [2.45, 2.75) is 6.42 Å². The van der Waals surface area contributed by atoms with Crippen LogP contribution in [0.3, 0.4) is 0 Å². The van der Waals surface area contributed by atoms with Gasteiger partial charge < -0.3 is 11.1 Å². The van der Waals surface area contributed by atoms with Crippen molar-refractivity contribution in [3.63, 3.8) is 0 Å². The number of hydrogen-bond donors (Lipinski definition) is 2. The molecule has 0 saturated carbocycles. The number of hydrogen-bond acceptors (Lipinski definition) is 2. The average Bonchev–Trinajstić information content (AvgIpc) is 2.38. The van der Waals surface area contributed by atoms with Crippen LogP contribution in [0, 0.1) is 5.82 Å². The molecule has 6 heteroatoms. The van der Waals surface area contributed by atoms with Crippen LogP contribution in [-0.2, 0) is 11.2 Å². The minimum absolute atomic E-state index is 0.159. The second kappa shape index (κ2) is 6.11. The molecule has 0 aromatic heterocycles. The molecule has 0 fully saturated rings. The van der Waals surface area contributed by atoms with Crippen LogP contribution in [0.5, 0.6) is 0 Å². The normalized spacial score (nSPS) is 10.3. The molecular weight excluding hydrogens is 302 g/mol. The maximum atomic E-state index is 13.6. The Morgan fingerprint density at radius 1 is 1.20 bits per heavy atom. The number of amides is 1. The number of carbonyl (C=O) groups excluding carboxylic acids is 1. The number of nitrogens with two attached hydrogens (primary N) is 1. The Kier molecular flexibility index (Phi) is 4.47. The number of nitrogen functional groups attached to an aromatic ring is 1. The van der Waals surface area contributed by atoms with Crippen LogP contribution in [0.2, 0.25) is 10.0 Å². The second-order valence-electron chi connectivity index (χ2n) is 4.16. The molecule has 2 rings (SSSR count). The molecule has 0 heterocycles. The van der Waals surface area contributed by atoms with Gasteiger partial charge in [-0.1, -0.05) is 29.3 Å². The minimum Gasteiger partial charge on any atom is -0.398 e. The van der Waals surface area contributed by atoms with Crippen molar-refractivity contribution in [2.75, 3.05) is 11.1 Å². The van der Waals surface area contributed by atoms with E-state index in [1.807, 2.05) is 0 Å². The monoisotopic (exact) mass is 312 g/mol. The Morgan fingerprint density at radius 3 is 2.60 bits per heavy atom. The smallest absolute Gasteiger partial charge is 0.228 e. The Balaban J connectivity index is 2.11. The fraction of sp³-hybridized carbons (Fsp3) is 0.0714. The van der Waals surface area contributed by atoms with Crippen LogP contribution in [0.15, 0.2) is 36.4 Å². The van der Waals surface area contributed by atoms with Crippen molar-refractivity contribution in [3.8, 4) is 0 Å². The summed E-state index contributed by atoms with van der Waals surface area (Å²) in [6.07, 6.45) is -0.159. The highest BCUT2D eigenvalue weighted by atomic mass is 35.5. The zero-order chi connectivity index (χ0) is 14.7. The molecule has 1 amide bonds. The summed E-state index contributed by atoms with van der Waals surface area (Å²) in [4.78, 5) is 11.9. The van der Waals surface area contributed by atoms with Crippen LogP contribution < -0.4 is 11.1 Å². The van der Waals surface area contributed by atoms with Gasteiger partial charge in [-0.2, -0.15) is 0 Å². The summed E-state index contributed by atoms with van der Waals surface area (Å²) in [6, 6.07) is 8.99. The lowest BCUT2D eigenvalue weighted by molar-refractivity contribution is -0.115. The Labute approximate surface area is 125 Å². The predicted molar refractivity (Wildman–Crippen MR) is 79.6 cm³/mol. The third kappa shape index (κ3) is 3.40. The maximum Gasteiger partial charge on any atom is 0.228 e. The minimum atomic E-state index is -0.511. The first-order valence-corrected chi connectivity index (χ1v) is 6.50. The molecule has 0 saturated heterocycles. The van der Waals surface area contributed by atoms with E-state index in [1.54, 1.807) is 12.1 Å². The molecule has 0 spiro atoms. The van der Waals surface area contributed by atoms with Gasteiger partial charge in [-0.05, 0) is 30.3 Å². The zero-order valence-corrected chi connectivity index (χ0v) is 11.8. The highest BCUT2D eigenvalue weighted by molar-refractivity contribution is 6.33. The van der Waals surface area contributed by atoms with Crippen molar-refractivity contribution < 1.29 is 9.18 Å². The van der Waals surface area contributed by atoms with E-state index in [1.165, 1.54) is 24.3 Å². The van der Waals surface area contributed by atoms with Crippen molar-refractivity contribution in [3.05, 3.63) is 57.8 Å². The van der Waals surface area contributed by atoms with Gasteiger partial charge in [-0.15, -0.1) is 0 Å². The highest BCUT2D eigenvalue weighted by Crippen LogP contribution is 2.23. The van der Waals surface area contributed by atoms with E-state index in [2.05, 4.69) is 5.32 Å². The quantitative estimate of drug-likeness (QED) is 0.845. The van der Waals surface area contributed by atoms with Crippen molar-refractivity contribution in [2.24, 2.45) is 0 Å². The van der Waals surface area contributed by atoms with E-state index >= 15 is 0 Å². The lowest BCUT2D eigenvalue weighted by atomic mass is 10.1. The van der Waals surface area contributed by atoms with Gasteiger partial charge >= 0.3 is 0 Å². The number of anilines is 2. The van der Waals surface area contributed by atoms with Crippen LogP contribution in [0.1, 0.15) is 5.56 Å². The van der Waals surface area contributed by atoms with Crippen molar-refractivity contribution in [1.82, 2.24) is 0 Å². The van der Waals surface area contributed by atoms with Crippen molar-refractivity contribution >= 4 is 40.5 Å². The van der Waals surface area contributed by atoms with Crippen molar-refractivity contribution in [1.29, 1.82) is 0 Å². The SMILES string of the molecule is Nc1ccc(NC(=O)Cc2c(F)cccc2Cl)cc1Cl. The summed E-state index contributed by atoms with van der Waals surface area (Å²) in [5, 5.41) is 3.17. The summed E-state index contributed by atoms with van der Waals surface area (Å²) in [6.45, 7) is 0. The van der Waals surface area contributed by atoms with Gasteiger partial charge in [0, 0.05) is 16.3 Å². The Hall–Kier alpha value is -1.78. The molecule has 0 atom stereocenters. The van der Waals surface area contributed by atoms with E-state index < -0.39 is 11.7 Å². The molecule has 3 N–H and O–H groups in total.